The molecule has 0 radical (unpaired) electrons. The van der Waals surface area contributed by atoms with Crippen LogP contribution in [0.15, 0.2) is 28.7 Å². The average Bonchev–Trinajstić information content (AvgIpc) is 2.99. The van der Waals surface area contributed by atoms with Crippen LogP contribution in [0.4, 0.5) is 0 Å². The van der Waals surface area contributed by atoms with Crippen LogP contribution in [0.1, 0.15) is 39.2 Å². The van der Waals surface area contributed by atoms with E-state index in [4.69, 9.17) is 25.9 Å². The number of carboxylic acid groups (broad SMARTS) is 1. The molecule has 0 unspecified atom stereocenters. The minimum absolute atomic E-state index is 0.00672. The number of ether oxygens (including phenoxy) is 1. The van der Waals surface area contributed by atoms with Crippen molar-refractivity contribution in [3.63, 3.8) is 0 Å². The molecule has 2 rings (SSSR count). The molecule has 0 fully saturated rings. The maximum Gasteiger partial charge on any atom is 0.339 e. The number of aromatic carboxylic acids is 1. The zero-order valence-electron chi connectivity index (χ0n) is 13.6. The number of methoxy groups -OCH3 is 1. The van der Waals surface area contributed by atoms with Gasteiger partial charge in [-0.15, -0.1) is 0 Å². The molecule has 0 spiro atoms. The second-order valence-electron chi connectivity index (χ2n) is 5.22. The number of carbonyl (C=O) groups is 2. The predicted octanol–water partition coefficient (Wildman–Crippen LogP) is 3.47. The number of hydrogen-bond donors (Lipinski definition) is 1. The third kappa shape index (κ3) is 3.71. The predicted molar refractivity (Wildman–Crippen MR) is 88.8 cm³/mol. The largest absolute Gasteiger partial charge is 0.496 e. The average molecular weight is 352 g/mol. The Kier molecular flexibility index (Phi) is 5.51. The number of benzene rings is 1. The lowest BCUT2D eigenvalue weighted by Crippen LogP contribution is -2.26. The molecule has 1 amide bonds. The lowest BCUT2D eigenvalue weighted by atomic mass is 10.2. The van der Waals surface area contributed by atoms with Crippen molar-refractivity contribution in [2.24, 2.45) is 0 Å². The molecule has 7 heteroatoms. The van der Waals surface area contributed by atoms with E-state index in [1.54, 1.807) is 32.2 Å². The Bertz CT molecular complexity index is 768. The number of hydrogen-bond acceptors (Lipinski definition) is 4. The van der Waals surface area contributed by atoms with Crippen LogP contribution in [0.25, 0.3) is 0 Å². The first-order chi connectivity index (χ1) is 11.4. The molecule has 24 heavy (non-hydrogen) atoms. The third-order valence-corrected chi connectivity index (χ3v) is 3.80. The number of carboxylic acids is 1. The van der Waals surface area contributed by atoms with Crippen molar-refractivity contribution in [2.75, 3.05) is 14.2 Å². The summed E-state index contributed by atoms with van der Waals surface area (Å²) in [6.07, 6.45) is 0.390. The molecule has 1 N–H and O–H groups in total. The van der Waals surface area contributed by atoms with Crippen molar-refractivity contribution in [3.05, 3.63) is 51.9 Å². The molecule has 1 heterocycles. The molecule has 0 atom stereocenters. The van der Waals surface area contributed by atoms with Gasteiger partial charge in [0.15, 0.2) is 5.76 Å². The molecule has 6 nitrogen and oxygen atoms in total. The normalized spacial score (nSPS) is 10.5. The van der Waals surface area contributed by atoms with E-state index in [1.165, 1.54) is 18.1 Å². The third-order valence-electron chi connectivity index (χ3n) is 3.57. The fourth-order valence-electron chi connectivity index (χ4n) is 2.36. The van der Waals surface area contributed by atoms with Crippen molar-refractivity contribution in [3.8, 4) is 5.75 Å². The molecule has 0 aliphatic rings. The van der Waals surface area contributed by atoms with Gasteiger partial charge in [-0.3, -0.25) is 4.79 Å². The van der Waals surface area contributed by atoms with Gasteiger partial charge in [-0.25, -0.2) is 4.79 Å². The van der Waals surface area contributed by atoms with Gasteiger partial charge in [-0.05, 0) is 18.2 Å². The molecular formula is C17H18ClNO5. The SMILES string of the molecule is CCc1oc(C(=O)N(C)Cc2cc(Cl)ccc2OC)cc1C(=O)O. The smallest absolute Gasteiger partial charge is 0.339 e. The van der Waals surface area contributed by atoms with Crippen molar-refractivity contribution in [2.45, 2.75) is 19.9 Å². The van der Waals surface area contributed by atoms with Crippen molar-refractivity contribution >= 4 is 23.5 Å². The summed E-state index contributed by atoms with van der Waals surface area (Å²) >= 11 is 5.99. The minimum Gasteiger partial charge on any atom is -0.496 e. The summed E-state index contributed by atoms with van der Waals surface area (Å²) in [5, 5.41) is 9.68. The van der Waals surface area contributed by atoms with E-state index in [-0.39, 0.29) is 23.6 Å². The molecule has 1 aromatic heterocycles. The van der Waals surface area contributed by atoms with Crippen LogP contribution in [0.2, 0.25) is 5.02 Å². The molecule has 1 aromatic carbocycles. The highest BCUT2D eigenvalue weighted by atomic mass is 35.5. The van der Waals surface area contributed by atoms with Crippen molar-refractivity contribution in [1.82, 2.24) is 4.90 Å². The summed E-state index contributed by atoms with van der Waals surface area (Å²) in [6, 6.07) is 6.40. The summed E-state index contributed by atoms with van der Waals surface area (Å²) in [4.78, 5) is 25.1. The van der Waals surface area contributed by atoms with Crippen LogP contribution in [-0.2, 0) is 13.0 Å². The van der Waals surface area contributed by atoms with Gasteiger partial charge in [0.2, 0.25) is 0 Å². The highest BCUT2D eigenvalue weighted by Crippen LogP contribution is 2.25. The maximum atomic E-state index is 12.5. The van der Waals surface area contributed by atoms with Crippen LogP contribution in [0.5, 0.6) is 5.75 Å². The molecule has 2 aromatic rings. The number of carbonyl (C=O) groups excluding carboxylic acids is 1. The van der Waals surface area contributed by atoms with Gasteiger partial charge in [-0.2, -0.15) is 0 Å². The lowest BCUT2D eigenvalue weighted by molar-refractivity contribution is 0.0692. The molecule has 0 aliphatic carbocycles. The molecule has 128 valence electrons. The number of furan rings is 1. The zero-order chi connectivity index (χ0) is 17.9. The lowest BCUT2D eigenvalue weighted by Gasteiger charge is -2.18. The molecule has 0 saturated carbocycles. The van der Waals surface area contributed by atoms with Gasteiger partial charge in [0, 0.05) is 36.7 Å². The van der Waals surface area contributed by atoms with Crippen LogP contribution in [-0.4, -0.2) is 36.0 Å². The van der Waals surface area contributed by atoms with Crippen LogP contribution in [0, 0.1) is 0 Å². The van der Waals surface area contributed by atoms with Gasteiger partial charge < -0.3 is 19.2 Å². The Morgan fingerprint density at radius 2 is 2.04 bits per heavy atom. The minimum atomic E-state index is -1.12. The number of amides is 1. The van der Waals surface area contributed by atoms with Crippen LogP contribution >= 0.6 is 11.6 Å². The Morgan fingerprint density at radius 3 is 2.58 bits per heavy atom. The number of nitrogens with zero attached hydrogens (tertiary/aromatic N) is 1. The summed E-state index contributed by atoms with van der Waals surface area (Å²) in [5.74, 6) is -0.653. The summed E-state index contributed by atoms with van der Waals surface area (Å²) < 4.78 is 10.7. The fourth-order valence-corrected chi connectivity index (χ4v) is 2.56. The Morgan fingerprint density at radius 1 is 1.33 bits per heavy atom. The van der Waals surface area contributed by atoms with E-state index in [9.17, 15) is 9.59 Å². The number of halogens is 1. The fraction of sp³-hybridized carbons (Fsp3) is 0.294. The zero-order valence-corrected chi connectivity index (χ0v) is 14.4. The summed E-state index contributed by atoms with van der Waals surface area (Å²) in [5.41, 5.74) is 0.746. The standard InChI is InChI=1S/C17H18ClNO5/c1-4-13-12(17(21)22)8-15(24-13)16(20)19(2)9-10-7-11(18)5-6-14(10)23-3/h5-8H,4,9H2,1-3H3,(H,21,22). The Balaban J connectivity index is 2.24. The van der Waals surface area contributed by atoms with Crippen LogP contribution in [0.3, 0.4) is 0 Å². The molecule has 0 aliphatic heterocycles. The van der Waals surface area contributed by atoms with E-state index in [0.29, 0.717) is 17.2 Å². The van der Waals surface area contributed by atoms with E-state index in [0.717, 1.165) is 5.56 Å². The first kappa shape index (κ1) is 17.9. The molecule has 0 saturated heterocycles. The van der Waals surface area contributed by atoms with Gasteiger partial charge >= 0.3 is 5.97 Å². The van der Waals surface area contributed by atoms with Gasteiger partial charge in [-0.1, -0.05) is 18.5 Å². The van der Waals surface area contributed by atoms with Crippen molar-refractivity contribution in [1.29, 1.82) is 0 Å². The van der Waals surface area contributed by atoms with Gasteiger partial charge in [0.1, 0.15) is 17.1 Å². The first-order valence-corrected chi connectivity index (χ1v) is 7.69. The summed E-state index contributed by atoms with van der Waals surface area (Å²) in [6.45, 7) is 2.01. The quantitative estimate of drug-likeness (QED) is 0.861. The monoisotopic (exact) mass is 351 g/mol. The second-order valence-corrected chi connectivity index (χ2v) is 5.66. The van der Waals surface area contributed by atoms with E-state index in [1.807, 2.05) is 0 Å². The molecule has 0 bridgehead atoms. The topological polar surface area (TPSA) is 80.0 Å². The van der Waals surface area contributed by atoms with E-state index >= 15 is 0 Å². The molecular weight excluding hydrogens is 334 g/mol. The number of rotatable bonds is 6. The van der Waals surface area contributed by atoms with E-state index in [2.05, 4.69) is 0 Å². The van der Waals surface area contributed by atoms with Crippen LogP contribution < -0.4 is 4.74 Å². The Labute approximate surface area is 144 Å². The van der Waals surface area contributed by atoms with Gasteiger partial charge in [0.25, 0.3) is 5.91 Å². The highest BCUT2D eigenvalue weighted by molar-refractivity contribution is 6.30. The van der Waals surface area contributed by atoms with Gasteiger partial charge in [0.05, 0.1) is 7.11 Å². The summed E-state index contributed by atoms with van der Waals surface area (Å²) in [7, 11) is 3.13. The van der Waals surface area contributed by atoms with Crippen molar-refractivity contribution < 1.29 is 23.8 Å². The number of aryl methyl sites for hydroxylation is 1. The first-order valence-electron chi connectivity index (χ1n) is 7.31. The maximum absolute atomic E-state index is 12.5. The highest BCUT2D eigenvalue weighted by Gasteiger charge is 2.23. The Hall–Kier alpha value is -2.47. The van der Waals surface area contributed by atoms with E-state index < -0.39 is 11.9 Å². The second kappa shape index (κ2) is 7.40.